The van der Waals surface area contributed by atoms with E-state index in [4.69, 9.17) is 4.99 Å². The molecule has 0 spiro atoms. The van der Waals surface area contributed by atoms with Crippen molar-refractivity contribution in [1.29, 1.82) is 0 Å². The van der Waals surface area contributed by atoms with Gasteiger partial charge >= 0.3 is 5.97 Å². The number of hydrogen-bond acceptors (Lipinski definition) is 7. The molecule has 1 aliphatic heterocycles. The van der Waals surface area contributed by atoms with Gasteiger partial charge in [-0.1, -0.05) is 24.3 Å². The standard InChI is InChI=1S/C22H19N5O2S2/c1-11-12(2)31-22-18(11)19(14-4-6-15(7-5-14)21-23-8-9-30-21)24-16(10-17(28)29)20-26-25-13(3)27(20)22/h4-9,16H,10H2,1-3H3,(H,28,29)/t16-/m0/s1. The number of thiophene rings is 1. The number of nitrogens with zero attached hydrogens (tertiary/aromatic N) is 5. The zero-order chi connectivity index (χ0) is 21.7. The summed E-state index contributed by atoms with van der Waals surface area (Å²) in [5.41, 5.74) is 4.92. The molecule has 0 saturated heterocycles. The summed E-state index contributed by atoms with van der Waals surface area (Å²) in [6.07, 6.45) is 1.65. The van der Waals surface area contributed by atoms with E-state index < -0.39 is 12.0 Å². The molecule has 1 aromatic carbocycles. The van der Waals surface area contributed by atoms with E-state index in [0.29, 0.717) is 5.82 Å². The highest BCUT2D eigenvalue weighted by Crippen LogP contribution is 2.39. The fourth-order valence-electron chi connectivity index (χ4n) is 3.83. The zero-order valence-electron chi connectivity index (χ0n) is 17.2. The Morgan fingerprint density at radius 2 is 1.87 bits per heavy atom. The molecule has 4 aromatic rings. The second kappa shape index (κ2) is 7.51. The maximum Gasteiger partial charge on any atom is 0.306 e. The van der Waals surface area contributed by atoms with Crippen molar-refractivity contribution in [1.82, 2.24) is 19.7 Å². The van der Waals surface area contributed by atoms with E-state index in [1.807, 2.05) is 41.1 Å². The van der Waals surface area contributed by atoms with Crippen molar-refractivity contribution in [2.45, 2.75) is 33.2 Å². The summed E-state index contributed by atoms with van der Waals surface area (Å²) in [7, 11) is 0. The first kappa shape index (κ1) is 19.8. The van der Waals surface area contributed by atoms with Crippen molar-refractivity contribution in [3.05, 3.63) is 69.1 Å². The summed E-state index contributed by atoms with van der Waals surface area (Å²) >= 11 is 3.25. The summed E-state index contributed by atoms with van der Waals surface area (Å²) in [4.78, 5) is 22.1. The first-order chi connectivity index (χ1) is 14.9. The van der Waals surface area contributed by atoms with Crippen LogP contribution in [0.4, 0.5) is 0 Å². The number of benzene rings is 1. The summed E-state index contributed by atoms with van der Waals surface area (Å²) in [6, 6.07) is 7.51. The van der Waals surface area contributed by atoms with E-state index in [2.05, 4.69) is 29.0 Å². The number of aromatic nitrogens is 4. The molecular weight excluding hydrogens is 430 g/mol. The van der Waals surface area contributed by atoms with Crippen molar-refractivity contribution in [2.75, 3.05) is 0 Å². The van der Waals surface area contributed by atoms with Crippen LogP contribution in [0, 0.1) is 20.8 Å². The molecule has 1 aliphatic rings. The third kappa shape index (κ3) is 3.30. The molecule has 4 heterocycles. The Kier molecular flexibility index (Phi) is 4.79. The van der Waals surface area contributed by atoms with Gasteiger partial charge in [-0.3, -0.25) is 14.4 Å². The van der Waals surface area contributed by atoms with E-state index in [1.165, 1.54) is 4.88 Å². The van der Waals surface area contributed by atoms with Crippen LogP contribution in [-0.2, 0) is 4.79 Å². The van der Waals surface area contributed by atoms with Crippen LogP contribution in [0.15, 0.2) is 40.8 Å². The molecule has 0 fully saturated rings. The average molecular weight is 450 g/mol. The fourth-order valence-corrected chi connectivity index (χ4v) is 5.69. The van der Waals surface area contributed by atoms with Crippen LogP contribution in [0.2, 0.25) is 0 Å². The highest BCUT2D eigenvalue weighted by molar-refractivity contribution is 7.15. The number of hydrogen-bond donors (Lipinski definition) is 1. The van der Waals surface area contributed by atoms with Crippen molar-refractivity contribution in [3.8, 4) is 15.6 Å². The maximum absolute atomic E-state index is 11.6. The maximum atomic E-state index is 11.6. The number of fused-ring (bicyclic) bond motifs is 3. The molecule has 9 heteroatoms. The molecule has 5 rings (SSSR count). The van der Waals surface area contributed by atoms with Gasteiger partial charge in [-0.15, -0.1) is 32.9 Å². The molecule has 0 bridgehead atoms. The highest BCUT2D eigenvalue weighted by Gasteiger charge is 2.32. The minimum absolute atomic E-state index is 0.147. The molecular formula is C22H19N5O2S2. The van der Waals surface area contributed by atoms with Crippen LogP contribution in [0.5, 0.6) is 0 Å². The molecule has 0 aliphatic carbocycles. The highest BCUT2D eigenvalue weighted by atomic mass is 32.1. The topological polar surface area (TPSA) is 93.3 Å². The number of thiazole rings is 1. The van der Waals surface area contributed by atoms with E-state index in [1.54, 1.807) is 28.9 Å². The third-order valence-electron chi connectivity index (χ3n) is 5.45. The lowest BCUT2D eigenvalue weighted by molar-refractivity contribution is -0.137. The van der Waals surface area contributed by atoms with Crippen LogP contribution >= 0.6 is 22.7 Å². The molecule has 156 valence electrons. The van der Waals surface area contributed by atoms with Crippen LogP contribution in [-0.4, -0.2) is 36.5 Å². The third-order valence-corrected chi connectivity index (χ3v) is 7.46. The van der Waals surface area contributed by atoms with Crippen molar-refractivity contribution in [2.24, 2.45) is 4.99 Å². The predicted molar refractivity (Wildman–Crippen MR) is 122 cm³/mol. The van der Waals surface area contributed by atoms with Gasteiger partial charge in [0.1, 0.15) is 21.9 Å². The van der Waals surface area contributed by atoms with Gasteiger partial charge < -0.3 is 5.11 Å². The number of carbonyl (C=O) groups is 1. The fraction of sp³-hybridized carbons (Fsp3) is 0.227. The summed E-state index contributed by atoms with van der Waals surface area (Å²) in [6.45, 7) is 6.06. The summed E-state index contributed by atoms with van der Waals surface area (Å²) in [5.74, 6) is 0.373. The van der Waals surface area contributed by atoms with Crippen LogP contribution in [0.3, 0.4) is 0 Å². The van der Waals surface area contributed by atoms with Crippen LogP contribution in [0.1, 0.15) is 45.7 Å². The number of rotatable bonds is 4. The van der Waals surface area contributed by atoms with Crippen molar-refractivity contribution in [3.63, 3.8) is 0 Å². The number of aryl methyl sites for hydroxylation is 2. The Labute approximate surface area is 186 Å². The second-order valence-electron chi connectivity index (χ2n) is 7.41. The zero-order valence-corrected chi connectivity index (χ0v) is 18.8. The number of aliphatic imine (C=N–C) groups is 1. The quantitative estimate of drug-likeness (QED) is 0.485. The molecule has 0 unspecified atom stereocenters. The van der Waals surface area contributed by atoms with Gasteiger partial charge in [-0.2, -0.15) is 0 Å². The molecule has 0 amide bonds. The van der Waals surface area contributed by atoms with Crippen molar-refractivity contribution < 1.29 is 9.90 Å². The first-order valence-corrected chi connectivity index (χ1v) is 11.5. The van der Waals surface area contributed by atoms with Gasteiger partial charge in [-0.05, 0) is 26.3 Å². The van der Waals surface area contributed by atoms with Gasteiger partial charge in [0.2, 0.25) is 0 Å². The Morgan fingerprint density at radius 3 is 2.55 bits per heavy atom. The molecule has 31 heavy (non-hydrogen) atoms. The molecule has 3 aromatic heterocycles. The lowest BCUT2D eigenvalue weighted by atomic mass is 9.98. The predicted octanol–water partition coefficient (Wildman–Crippen LogP) is 4.74. The minimum Gasteiger partial charge on any atom is -0.481 e. The monoisotopic (exact) mass is 449 g/mol. The Balaban J connectivity index is 1.72. The van der Waals surface area contributed by atoms with E-state index in [-0.39, 0.29) is 6.42 Å². The smallest absolute Gasteiger partial charge is 0.306 e. The molecule has 0 saturated carbocycles. The Bertz CT molecular complexity index is 1320. The largest absolute Gasteiger partial charge is 0.481 e. The van der Waals surface area contributed by atoms with Crippen molar-refractivity contribution >= 4 is 34.4 Å². The lowest BCUT2D eigenvalue weighted by Crippen LogP contribution is -2.10. The summed E-state index contributed by atoms with van der Waals surface area (Å²) < 4.78 is 1.97. The number of aliphatic carboxylic acids is 1. The average Bonchev–Trinajstić information content (AvgIpc) is 3.44. The lowest BCUT2D eigenvalue weighted by Gasteiger charge is -2.11. The normalized spacial score (nSPS) is 15.2. The Hall–Kier alpha value is -3.17. The molecule has 0 radical (unpaired) electrons. The molecule has 1 atom stereocenters. The van der Waals surface area contributed by atoms with Crippen LogP contribution in [0.25, 0.3) is 15.6 Å². The second-order valence-corrected chi connectivity index (χ2v) is 9.51. The minimum atomic E-state index is -0.919. The van der Waals surface area contributed by atoms with Crippen LogP contribution < -0.4 is 0 Å². The number of carboxylic acid groups (broad SMARTS) is 1. The molecule has 1 N–H and O–H groups in total. The van der Waals surface area contributed by atoms with E-state index in [0.717, 1.165) is 43.8 Å². The SMILES string of the molecule is Cc1sc2c(c1C)C(c1ccc(-c3nccs3)cc1)=N[C@@H](CC(=O)O)c1nnc(C)n1-2. The van der Waals surface area contributed by atoms with E-state index >= 15 is 0 Å². The number of carboxylic acids is 1. The first-order valence-electron chi connectivity index (χ1n) is 9.76. The van der Waals surface area contributed by atoms with E-state index in [9.17, 15) is 9.90 Å². The van der Waals surface area contributed by atoms with Gasteiger partial charge in [0.25, 0.3) is 0 Å². The Morgan fingerprint density at radius 1 is 1.13 bits per heavy atom. The summed E-state index contributed by atoms with van der Waals surface area (Å²) in [5, 5.41) is 22.0. The van der Waals surface area contributed by atoms with Gasteiger partial charge in [0, 0.05) is 33.1 Å². The molecule has 7 nitrogen and oxygen atoms in total. The van der Waals surface area contributed by atoms with Gasteiger partial charge in [0.05, 0.1) is 12.1 Å². The van der Waals surface area contributed by atoms with Gasteiger partial charge in [-0.25, -0.2) is 4.98 Å². The van der Waals surface area contributed by atoms with Gasteiger partial charge in [0.15, 0.2) is 5.82 Å².